The van der Waals surface area contributed by atoms with Crippen molar-refractivity contribution in [2.75, 3.05) is 33.2 Å². The molecule has 0 unspecified atom stereocenters. The maximum absolute atomic E-state index is 4.38. The average Bonchev–Trinajstić information content (AvgIpc) is 2.22. The van der Waals surface area contributed by atoms with Crippen LogP contribution < -0.4 is 0 Å². The van der Waals surface area contributed by atoms with E-state index < -0.39 is 0 Å². The molecule has 0 amide bonds. The van der Waals surface area contributed by atoms with Crippen molar-refractivity contribution in [2.45, 2.75) is 0 Å². The molecule has 2 aliphatic heterocycles. The molecule has 0 aromatic heterocycles. The molecule has 0 spiro atoms. The van der Waals surface area contributed by atoms with E-state index in [-0.39, 0.29) is 18.6 Å². The van der Waals surface area contributed by atoms with Crippen LogP contribution in [0.25, 0.3) is 5.32 Å². The summed E-state index contributed by atoms with van der Waals surface area (Å²) in [5.41, 5.74) is 0. The van der Waals surface area contributed by atoms with Gasteiger partial charge in [0, 0.05) is 18.6 Å². The second-order valence-corrected chi connectivity index (χ2v) is 3.33. The van der Waals surface area contributed by atoms with E-state index in [4.69, 9.17) is 0 Å². The van der Waals surface area contributed by atoms with Crippen LogP contribution in [0.2, 0.25) is 0 Å². The van der Waals surface area contributed by atoms with Crippen molar-refractivity contribution in [3.8, 4) is 0 Å². The zero-order valence-electron chi connectivity index (χ0n) is 6.32. The summed E-state index contributed by atoms with van der Waals surface area (Å²) >= 11 is 0. The van der Waals surface area contributed by atoms with Crippen molar-refractivity contribution < 1.29 is 18.6 Å². The molecule has 2 rings (SSSR count). The normalized spacial score (nSPS) is 39.3. The molecule has 2 saturated heterocycles. The van der Waals surface area contributed by atoms with Crippen LogP contribution >= 0.6 is 0 Å². The van der Waals surface area contributed by atoms with Gasteiger partial charge in [0.05, 0.1) is 0 Å². The van der Waals surface area contributed by atoms with Crippen LogP contribution in [0.5, 0.6) is 0 Å². The quantitative estimate of drug-likeness (QED) is 0.526. The van der Waals surface area contributed by atoms with E-state index in [1.807, 2.05) is 0 Å². The summed E-state index contributed by atoms with van der Waals surface area (Å²) in [6.07, 6.45) is 0. The van der Waals surface area contributed by atoms with Crippen LogP contribution in [-0.4, -0.2) is 38.1 Å². The molecule has 0 aromatic carbocycles. The van der Waals surface area contributed by atoms with E-state index in [1.54, 1.807) is 0 Å². The van der Waals surface area contributed by atoms with Crippen LogP contribution in [0.4, 0.5) is 0 Å². The van der Waals surface area contributed by atoms with Gasteiger partial charge < -0.3 is 10.2 Å². The number of hydrogen-bond donors (Lipinski definition) is 0. The first-order valence-electron chi connectivity index (χ1n) is 3.68. The molecule has 2 aliphatic rings. The monoisotopic (exact) mass is 176 g/mol. The van der Waals surface area contributed by atoms with Crippen LogP contribution in [-0.2, 0) is 18.6 Å². The topological polar surface area (TPSA) is 17.3 Å². The second-order valence-electron chi connectivity index (χ2n) is 3.33. The van der Waals surface area contributed by atoms with E-state index in [0.717, 1.165) is 24.9 Å². The Morgan fingerprint density at radius 1 is 1.20 bits per heavy atom. The number of fused-ring (bicyclic) bond motifs is 1. The van der Waals surface area contributed by atoms with Crippen molar-refractivity contribution in [3.63, 3.8) is 0 Å². The summed E-state index contributed by atoms with van der Waals surface area (Å²) < 4.78 is 0. The third kappa shape index (κ3) is 1.40. The zero-order valence-corrected chi connectivity index (χ0v) is 7.72. The van der Waals surface area contributed by atoms with Crippen molar-refractivity contribution >= 4 is 0 Å². The Hall–Kier alpha value is 0.504. The summed E-state index contributed by atoms with van der Waals surface area (Å²) in [5.74, 6) is 1.82. The Morgan fingerprint density at radius 3 is 2.20 bits per heavy atom. The number of rotatable bonds is 0. The minimum atomic E-state index is 0. The van der Waals surface area contributed by atoms with Crippen LogP contribution in [0, 0.1) is 11.8 Å². The molecular formula is C7H13N2V-. The predicted octanol–water partition coefficient (Wildman–Crippen LogP) is 0.549. The van der Waals surface area contributed by atoms with Crippen LogP contribution in [0.3, 0.4) is 0 Å². The maximum atomic E-state index is 4.38. The SMILES string of the molecule is CN1C[C@H]2C[N-]C[C@H]2C1.[V]. The van der Waals surface area contributed by atoms with Gasteiger partial charge in [-0.1, -0.05) is 0 Å². The molecule has 0 aliphatic carbocycles. The maximum Gasteiger partial charge on any atom is 0 e. The van der Waals surface area contributed by atoms with E-state index >= 15 is 0 Å². The summed E-state index contributed by atoms with van der Waals surface area (Å²) in [6, 6.07) is 0. The second kappa shape index (κ2) is 3.27. The summed E-state index contributed by atoms with van der Waals surface area (Å²) in [6.45, 7) is 4.84. The van der Waals surface area contributed by atoms with Crippen molar-refractivity contribution in [1.29, 1.82) is 0 Å². The first-order valence-corrected chi connectivity index (χ1v) is 3.68. The first kappa shape index (κ1) is 8.60. The van der Waals surface area contributed by atoms with E-state index in [9.17, 15) is 0 Å². The van der Waals surface area contributed by atoms with Crippen LogP contribution in [0.15, 0.2) is 0 Å². The largest absolute Gasteiger partial charge is 0.662 e. The third-order valence-electron chi connectivity index (χ3n) is 2.49. The summed E-state index contributed by atoms with van der Waals surface area (Å²) in [4.78, 5) is 2.42. The van der Waals surface area contributed by atoms with Crippen LogP contribution in [0.1, 0.15) is 0 Å². The van der Waals surface area contributed by atoms with Gasteiger partial charge in [-0.3, -0.25) is 0 Å². The molecule has 0 aromatic rings. The minimum Gasteiger partial charge on any atom is -0.662 e. The van der Waals surface area contributed by atoms with E-state index in [2.05, 4.69) is 17.3 Å². The van der Waals surface area contributed by atoms with Gasteiger partial charge in [-0.2, -0.15) is 0 Å². The fraction of sp³-hybridized carbons (Fsp3) is 1.00. The van der Waals surface area contributed by atoms with Crippen molar-refractivity contribution in [1.82, 2.24) is 4.90 Å². The molecule has 2 heterocycles. The Kier molecular flexibility index (Phi) is 2.81. The molecule has 1 radical (unpaired) electrons. The van der Waals surface area contributed by atoms with Gasteiger partial charge in [-0.05, 0) is 32.0 Å². The molecule has 0 saturated carbocycles. The molecule has 0 bridgehead atoms. The Balaban J connectivity index is 0.000000500. The molecule has 57 valence electrons. The van der Waals surface area contributed by atoms with Gasteiger partial charge in [0.25, 0.3) is 0 Å². The minimum absolute atomic E-state index is 0. The molecule has 10 heavy (non-hydrogen) atoms. The third-order valence-corrected chi connectivity index (χ3v) is 2.49. The molecular weight excluding hydrogens is 163 g/mol. The smallest absolute Gasteiger partial charge is 0 e. The van der Waals surface area contributed by atoms with Crippen molar-refractivity contribution in [3.05, 3.63) is 5.32 Å². The van der Waals surface area contributed by atoms with Crippen molar-refractivity contribution in [2.24, 2.45) is 11.8 Å². The molecule has 3 heteroatoms. The zero-order chi connectivity index (χ0) is 6.27. The van der Waals surface area contributed by atoms with E-state index in [0.29, 0.717) is 0 Å². The average molecular weight is 176 g/mol. The fourth-order valence-corrected chi connectivity index (χ4v) is 1.99. The Labute approximate surface area is 74.2 Å². The number of nitrogens with zero attached hydrogens (tertiary/aromatic N) is 2. The standard InChI is InChI=1S/C7H13N2.V/c1-9-4-6-2-8-3-7(6)5-9;/h6-7H,2-5H2,1H3;/q-1;/t6-,7+;. The van der Waals surface area contributed by atoms with Gasteiger partial charge in [0.1, 0.15) is 0 Å². The molecule has 2 nitrogen and oxygen atoms in total. The van der Waals surface area contributed by atoms with Gasteiger partial charge >= 0.3 is 0 Å². The van der Waals surface area contributed by atoms with Gasteiger partial charge in [-0.15, -0.1) is 13.1 Å². The predicted molar refractivity (Wildman–Crippen MR) is 37.6 cm³/mol. The Bertz CT molecular complexity index is 106. The molecule has 2 atom stereocenters. The molecule has 0 N–H and O–H groups in total. The number of hydrogen-bond acceptors (Lipinski definition) is 1. The van der Waals surface area contributed by atoms with E-state index in [1.165, 1.54) is 13.1 Å². The van der Waals surface area contributed by atoms with Gasteiger partial charge in [0.2, 0.25) is 0 Å². The molecule has 2 fully saturated rings. The summed E-state index contributed by atoms with van der Waals surface area (Å²) in [7, 11) is 2.21. The summed E-state index contributed by atoms with van der Waals surface area (Å²) in [5, 5.41) is 4.38. The Morgan fingerprint density at radius 2 is 1.70 bits per heavy atom. The fourth-order valence-electron chi connectivity index (χ4n) is 1.99. The number of likely N-dealkylation sites (tertiary alicyclic amines) is 1. The van der Waals surface area contributed by atoms with Gasteiger partial charge in [-0.25, -0.2) is 0 Å². The first-order chi connectivity index (χ1) is 4.36. The van der Waals surface area contributed by atoms with Gasteiger partial charge in [0.15, 0.2) is 0 Å².